The highest BCUT2D eigenvalue weighted by Crippen LogP contribution is 2.43. The molecule has 0 unspecified atom stereocenters. The zero-order chi connectivity index (χ0) is 31.4. The van der Waals surface area contributed by atoms with E-state index in [0.29, 0.717) is 25.5 Å². The van der Waals surface area contributed by atoms with Crippen LogP contribution >= 0.6 is 11.6 Å². The van der Waals surface area contributed by atoms with Crippen LogP contribution in [-0.4, -0.2) is 61.1 Å². The van der Waals surface area contributed by atoms with E-state index >= 15 is 4.39 Å². The summed E-state index contributed by atoms with van der Waals surface area (Å²) in [7, 11) is 0. The molecule has 0 bridgehead atoms. The van der Waals surface area contributed by atoms with E-state index in [4.69, 9.17) is 21.1 Å². The van der Waals surface area contributed by atoms with Crippen molar-refractivity contribution in [2.45, 2.75) is 44.9 Å². The van der Waals surface area contributed by atoms with Crippen molar-refractivity contribution in [2.75, 3.05) is 24.5 Å². The van der Waals surface area contributed by atoms with E-state index in [1.54, 1.807) is 11.0 Å². The van der Waals surface area contributed by atoms with Gasteiger partial charge in [0.1, 0.15) is 34.4 Å². The largest absolute Gasteiger partial charge is 0.453 e. The van der Waals surface area contributed by atoms with Gasteiger partial charge in [-0.15, -0.1) is 0 Å². The highest BCUT2D eigenvalue weighted by atomic mass is 35.5. The van der Waals surface area contributed by atoms with E-state index in [2.05, 4.69) is 10.1 Å². The fraction of sp³-hybridized carbons (Fsp3) is 0.333. The van der Waals surface area contributed by atoms with Gasteiger partial charge in [-0.2, -0.15) is 9.78 Å². The molecule has 6 rings (SSSR count). The number of rotatable bonds is 6. The molecule has 0 atom stereocenters. The van der Waals surface area contributed by atoms with Gasteiger partial charge in [-0.05, 0) is 51.5 Å². The zero-order valence-electron chi connectivity index (χ0n) is 24.1. The molecule has 4 heterocycles. The molecule has 0 aliphatic carbocycles. The molecule has 10 nitrogen and oxygen atoms in total. The zero-order valence-corrected chi connectivity index (χ0v) is 24.8. The van der Waals surface area contributed by atoms with Crippen molar-refractivity contribution in [3.63, 3.8) is 0 Å². The standard InChI is InChI=1S/C30H28ClF3N6O4/c1-29(2,3)44-28(42)39-10-9-30(39)15-38(16-30)26-12-25(20(31)13-35-26)43-24-8-7-18(11-23(24)34)40-27(41)37(17-36-40)14-19-21(32)5-4-6-22(19)33/h4-8,11-13,17H,9-10,14-16H2,1-3H3. The van der Waals surface area contributed by atoms with Crippen molar-refractivity contribution >= 4 is 23.5 Å². The number of amides is 1. The summed E-state index contributed by atoms with van der Waals surface area (Å²) < 4.78 is 56.5. The minimum Gasteiger partial charge on any atom is -0.453 e. The predicted octanol–water partition coefficient (Wildman–Crippen LogP) is 5.54. The SMILES string of the molecule is CC(C)(C)OC(=O)N1CCC12CN(c1cc(Oc3ccc(-n4ncn(Cc5c(F)cccc5F)c4=O)cc3F)c(Cl)cn1)C2. The number of nitrogens with zero attached hydrogens (tertiary/aromatic N) is 6. The summed E-state index contributed by atoms with van der Waals surface area (Å²) in [5, 5.41) is 4.12. The van der Waals surface area contributed by atoms with Crippen molar-refractivity contribution in [3.8, 4) is 17.2 Å². The Hall–Kier alpha value is -4.52. The maximum absolute atomic E-state index is 15.2. The second kappa shape index (κ2) is 10.9. The number of halogens is 4. The number of anilines is 1. The van der Waals surface area contributed by atoms with E-state index in [0.717, 1.165) is 40.2 Å². The molecule has 2 aliphatic rings. The molecule has 1 spiro atoms. The topological polar surface area (TPSA) is 94.7 Å². The van der Waals surface area contributed by atoms with Gasteiger partial charge >= 0.3 is 11.8 Å². The van der Waals surface area contributed by atoms with Crippen LogP contribution in [0.4, 0.5) is 23.8 Å². The van der Waals surface area contributed by atoms with Crippen LogP contribution in [0.25, 0.3) is 5.69 Å². The average molecular weight is 629 g/mol. The Kier molecular flexibility index (Phi) is 7.31. The number of pyridine rings is 1. The minimum atomic E-state index is -0.802. The maximum Gasteiger partial charge on any atom is 0.410 e. The van der Waals surface area contributed by atoms with Gasteiger partial charge in [0.15, 0.2) is 17.3 Å². The summed E-state index contributed by atoms with van der Waals surface area (Å²) >= 11 is 6.31. The number of ether oxygens (including phenoxy) is 2. The Bertz CT molecular complexity index is 1790. The Morgan fingerprint density at radius 3 is 2.41 bits per heavy atom. The van der Waals surface area contributed by atoms with Crippen LogP contribution in [0, 0.1) is 17.5 Å². The molecule has 2 aliphatic heterocycles. The first-order valence-corrected chi connectivity index (χ1v) is 14.2. The van der Waals surface area contributed by atoms with Crippen molar-refractivity contribution in [2.24, 2.45) is 0 Å². The molecule has 0 N–H and O–H groups in total. The Morgan fingerprint density at radius 2 is 1.77 bits per heavy atom. The number of aromatic nitrogens is 4. The van der Waals surface area contributed by atoms with E-state index in [9.17, 15) is 18.4 Å². The summed E-state index contributed by atoms with van der Waals surface area (Å²) in [4.78, 5) is 33.5. The molecule has 4 aromatic rings. The third kappa shape index (κ3) is 5.47. The van der Waals surface area contributed by atoms with Crippen LogP contribution in [0.15, 0.2) is 59.8 Å². The van der Waals surface area contributed by atoms with Crippen LogP contribution in [0.3, 0.4) is 0 Å². The van der Waals surface area contributed by atoms with Gasteiger partial charge in [-0.3, -0.25) is 9.47 Å². The Morgan fingerprint density at radius 1 is 1.05 bits per heavy atom. The molecule has 44 heavy (non-hydrogen) atoms. The summed E-state index contributed by atoms with van der Waals surface area (Å²) in [6, 6.07) is 8.78. The van der Waals surface area contributed by atoms with Gasteiger partial charge in [0.25, 0.3) is 0 Å². The summed E-state index contributed by atoms with van der Waals surface area (Å²) in [5.74, 6) is -1.85. The predicted molar refractivity (Wildman–Crippen MR) is 155 cm³/mol. The fourth-order valence-electron chi connectivity index (χ4n) is 5.25. The second-order valence-corrected chi connectivity index (χ2v) is 12.2. The van der Waals surface area contributed by atoms with Gasteiger partial charge < -0.3 is 14.4 Å². The first kappa shape index (κ1) is 29.5. The summed E-state index contributed by atoms with van der Waals surface area (Å²) in [5.41, 5.74) is -1.84. The van der Waals surface area contributed by atoms with Gasteiger partial charge in [-0.25, -0.2) is 27.7 Å². The second-order valence-electron chi connectivity index (χ2n) is 11.8. The van der Waals surface area contributed by atoms with E-state index in [1.165, 1.54) is 24.4 Å². The lowest BCUT2D eigenvalue weighted by molar-refractivity contribution is -0.0562. The number of hydrogen-bond donors (Lipinski definition) is 0. The Balaban J connectivity index is 1.15. The van der Waals surface area contributed by atoms with Crippen molar-refractivity contribution in [3.05, 3.63) is 93.5 Å². The van der Waals surface area contributed by atoms with Crippen LogP contribution in [0.1, 0.15) is 32.8 Å². The third-order valence-electron chi connectivity index (χ3n) is 7.59. The highest BCUT2D eigenvalue weighted by molar-refractivity contribution is 6.32. The highest BCUT2D eigenvalue weighted by Gasteiger charge is 2.56. The number of likely N-dealkylation sites (tertiary alicyclic amines) is 1. The van der Waals surface area contributed by atoms with Gasteiger partial charge in [-0.1, -0.05) is 17.7 Å². The van der Waals surface area contributed by atoms with E-state index in [1.807, 2.05) is 25.7 Å². The normalized spacial score (nSPS) is 15.6. The molecule has 1 amide bonds. The first-order chi connectivity index (χ1) is 20.8. The smallest absolute Gasteiger partial charge is 0.410 e. The van der Waals surface area contributed by atoms with Crippen LogP contribution in [0.2, 0.25) is 5.02 Å². The van der Waals surface area contributed by atoms with Gasteiger partial charge in [0, 0.05) is 37.3 Å². The number of carbonyl (C=O) groups excluding carboxylic acids is 1. The van der Waals surface area contributed by atoms with Crippen molar-refractivity contribution in [1.29, 1.82) is 0 Å². The molecule has 0 radical (unpaired) electrons. The number of carbonyl (C=O) groups is 1. The van der Waals surface area contributed by atoms with Crippen LogP contribution in [0.5, 0.6) is 11.5 Å². The fourth-order valence-corrected chi connectivity index (χ4v) is 5.40. The molecule has 0 saturated carbocycles. The molecular weight excluding hydrogens is 601 g/mol. The first-order valence-electron chi connectivity index (χ1n) is 13.8. The maximum atomic E-state index is 15.2. The van der Waals surface area contributed by atoms with Crippen LogP contribution < -0.4 is 15.3 Å². The molecule has 2 fully saturated rings. The van der Waals surface area contributed by atoms with Crippen LogP contribution in [-0.2, 0) is 11.3 Å². The molecule has 2 aromatic heterocycles. The van der Waals surface area contributed by atoms with Crippen molar-refractivity contribution < 1.29 is 27.4 Å². The minimum absolute atomic E-state index is 0.0787. The van der Waals surface area contributed by atoms with E-state index in [-0.39, 0.29) is 45.9 Å². The lowest BCUT2D eigenvalue weighted by atomic mass is 9.78. The number of hydrogen-bond acceptors (Lipinski definition) is 7. The summed E-state index contributed by atoms with van der Waals surface area (Å²) in [6.07, 6.45) is 3.02. The number of benzene rings is 2. The monoisotopic (exact) mass is 628 g/mol. The average Bonchev–Trinajstić information content (AvgIpc) is 3.26. The quantitative estimate of drug-likeness (QED) is 0.277. The van der Waals surface area contributed by atoms with E-state index < -0.39 is 28.7 Å². The van der Waals surface area contributed by atoms with Crippen molar-refractivity contribution in [1.82, 2.24) is 24.2 Å². The lowest BCUT2D eigenvalue weighted by Gasteiger charge is -2.62. The third-order valence-corrected chi connectivity index (χ3v) is 7.87. The molecule has 2 saturated heterocycles. The molecule has 14 heteroatoms. The Labute approximate surface area is 255 Å². The summed E-state index contributed by atoms with van der Waals surface area (Å²) in [6.45, 7) is 6.81. The van der Waals surface area contributed by atoms with Gasteiger partial charge in [0.05, 0.1) is 24.0 Å². The molecule has 230 valence electrons. The molecular formula is C30H28ClF3N6O4. The van der Waals surface area contributed by atoms with Gasteiger partial charge in [0.2, 0.25) is 0 Å². The lowest BCUT2D eigenvalue weighted by Crippen LogP contribution is -2.78. The molecule has 2 aromatic carbocycles.